The summed E-state index contributed by atoms with van der Waals surface area (Å²) in [7, 11) is 0. The second kappa shape index (κ2) is 7.60. The number of para-hydroxylation sites is 1. The van der Waals surface area contributed by atoms with E-state index < -0.39 is 17.7 Å². The Morgan fingerprint density at radius 2 is 1.38 bits per heavy atom. The summed E-state index contributed by atoms with van der Waals surface area (Å²) in [5.41, 5.74) is 1.33. The fraction of sp³-hybridized carbons (Fsp3) is 0.158. The van der Waals surface area contributed by atoms with E-state index >= 15 is 0 Å². The fourth-order valence-electron chi connectivity index (χ4n) is 2.65. The Morgan fingerprint density at radius 3 is 2.00 bits per heavy atom. The lowest BCUT2D eigenvalue weighted by Crippen LogP contribution is -2.37. The number of carbonyl (C=O) groups is 4. The van der Waals surface area contributed by atoms with Crippen molar-refractivity contribution >= 4 is 29.3 Å². The van der Waals surface area contributed by atoms with Crippen LogP contribution in [0.2, 0.25) is 0 Å². The predicted molar refractivity (Wildman–Crippen MR) is 94.5 cm³/mol. The largest absolute Gasteiger partial charge is 0.347 e. The van der Waals surface area contributed by atoms with E-state index in [2.05, 4.69) is 10.6 Å². The van der Waals surface area contributed by atoms with Crippen LogP contribution in [0, 0.1) is 0 Å². The van der Waals surface area contributed by atoms with Gasteiger partial charge in [0.15, 0.2) is 0 Å². The molecule has 1 aliphatic heterocycles. The molecule has 132 valence electrons. The molecule has 0 aromatic heterocycles. The Labute approximate surface area is 150 Å². The third kappa shape index (κ3) is 3.77. The van der Waals surface area contributed by atoms with Crippen LogP contribution in [0.5, 0.6) is 0 Å². The van der Waals surface area contributed by atoms with Crippen molar-refractivity contribution in [3.8, 4) is 0 Å². The number of anilines is 1. The second-order valence-corrected chi connectivity index (χ2v) is 5.75. The minimum Gasteiger partial charge on any atom is -0.347 e. The highest BCUT2D eigenvalue weighted by molar-refractivity contribution is 6.21. The molecule has 3 rings (SSSR count). The number of benzene rings is 2. The van der Waals surface area contributed by atoms with Crippen LogP contribution < -0.4 is 10.6 Å². The average Bonchev–Trinajstić information content (AvgIpc) is 2.90. The van der Waals surface area contributed by atoms with Gasteiger partial charge in [0.25, 0.3) is 11.8 Å². The first kappa shape index (κ1) is 17.3. The number of rotatable bonds is 6. The number of carbonyl (C=O) groups excluding carboxylic acids is 4. The first-order valence-electron chi connectivity index (χ1n) is 8.13. The summed E-state index contributed by atoms with van der Waals surface area (Å²) in [6.45, 7) is -0.214. The maximum Gasteiger partial charge on any atom is 0.261 e. The topological polar surface area (TPSA) is 95.6 Å². The van der Waals surface area contributed by atoms with Crippen molar-refractivity contribution in [3.05, 3.63) is 65.7 Å². The molecule has 0 spiro atoms. The van der Waals surface area contributed by atoms with E-state index in [-0.39, 0.29) is 25.4 Å². The van der Waals surface area contributed by atoms with Crippen molar-refractivity contribution in [2.24, 2.45) is 0 Å². The summed E-state index contributed by atoms with van der Waals surface area (Å²) >= 11 is 0. The van der Waals surface area contributed by atoms with E-state index in [1.807, 2.05) is 6.07 Å². The molecular weight excluding hydrogens is 334 g/mol. The second-order valence-electron chi connectivity index (χ2n) is 5.75. The number of hydrogen-bond donors (Lipinski definition) is 2. The quantitative estimate of drug-likeness (QED) is 0.770. The molecule has 0 unspecified atom stereocenters. The molecular formula is C19H17N3O4. The Hall–Kier alpha value is -3.48. The van der Waals surface area contributed by atoms with Crippen LogP contribution in [0.15, 0.2) is 54.6 Å². The van der Waals surface area contributed by atoms with E-state index in [4.69, 9.17) is 0 Å². The molecule has 1 heterocycles. The smallest absolute Gasteiger partial charge is 0.261 e. The SMILES string of the molecule is O=C(CCN1C(=O)c2ccccc2C1=O)NCC(=O)Nc1ccccc1. The molecule has 2 aromatic rings. The van der Waals surface area contributed by atoms with Crippen molar-refractivity contribution in [3.63, 3.8) is 0 Å². The van der Waals surface area contributed by atoms with Gasteiger partial charge in [-0.3, -0.25) is 24.1 Å². The van der Waals surface area contributed by atoms with Gasteiger partial charge in [-0.2, -0.15) is 0 Å². The van der Waals surface area contributed by atoms with Crippen molar-refractivity contribution in [2.45, 2.75) is 6.42 Å². The van der Waals surface area contributed by atoms with Crippen LogP contribution in [0.4, 0.5) is 5.69 Å². The number of nitrogens with zero attached hydrogens (tertiary/aromatic N) is 1. The molecule has 2 aromatic carbocycles. The van der Waals surface area contributed by atoms with E-state index in [0.29, 0.717) is 16.8 Å². The Morgan fingerprint density at radius 1 is 0.808 bits per heavy atom. The number of imide groups is 1. The number of nitrogens with one attached hydrogen (secondary N) is 2. The van der Waals surface area contributed by atoms with Crippen LogP contribution in [0.1, 0.15) is 27.1 Å². The minimum atomic E-state index is -0.412. The van der Waals surface area contributed by atoms with Gasteiger partial charge in [0.05, 0.1) is 17.7 Å². The van der Waals surface area contributed by atoms with E-state index in [9.17, 15) is 19.2 Å². The normalized spacial score (nSPS) is 12.7. The standard InChI is InChI=1S/C19H17N3O4/c23-16(20-12-17(24)21-13-6-2-1-3-7-13)10-11-22-18(25)14-8-4-5-9-15(14)19(22)26/h1-9H,10-12H2,(H,20,23)(H,21,24). The summed E-state index contributed by atoms with van der Waals surface area (Å²) in [5.74, 6) is -1.57. The first-order chi connectivity index (χ1) is 12.6. The molecule has 0 radical (unpaired) electrons. The van der Waals surface area contributed by atoms with Crippen LogP contribution in [0.3, 0.4) is 0 Å². The van der Waals surface area contributed by atoms with Crippen molar-refractivity contribution in [1.29, 1.82) is 0 Å². The first-order valence-corrected chi connectivity index (χ1v) is 8.13. The van der Waals surface area contributed by atoms with Crippen molar-refractivity contribution in [1.82, 2.24) is 10.2 Å². The molecule has 26 heavy (non-hydrogen) atoms. The summed E-state index contributed by atoms with van der Waals surface area (Å²) in [5, 5.41) is 5.13. The number of fused-ring (bicyclic) bond motifs is 1. The highest BCUT2D eigenvalue weighted by Gasteiger charge is 2.34. The van der Waals surface area contributed by atoms with Crippen LogP contribution in [-0.2, 0) is 9.59 Å². The zero-order valence-corrected chi connectivity index (χ0v) is 13.9. The summed E-state index contributed by atoms with van der Waals surface area (Å²) < 4.78 is 0. The summed E-state index contributed by atoms with van der Waals surface area (Å²) in [4.78, 5) is 49.1. The van der Waals surface area contributed by atoms with Crippen LogP contribution >= 0.6 is 0 Å². The van der Waals surface area contributed by atoms with E-state index in [1.165, 1.54) is 0 Å². The fourth-order valence-corrected chi connectivity index (χ4v) is 2.65. The van der Waals surface area contributed by atoms with Gasteiger partial charge < -0.3 is 10.6 Å². The van der Waals surface area contributed by atoms with Gasteiger partial charge in [-0.25, -0.2) is 0 Å². The van der Waals surface area contributed by atoms with Crippen molar-refractivity contribution < 1.29 is 19.2 Å². The molecule has 0 saturated heterocycles. The summed E-state index contributed by atoms with van der Waals surface area (Å²) in [6, 6.07) is 15.4. The van der Waals surface area contributed by atoms with Gasteiger partial charge in [0.2, 0.25) is 11.8 Å². The van der Waals surface area contributed by atoms with Gasteiger partial charge >= 0.3 is 0 Å². The highest BCUT2D eigenvalue weighted by atomic mass is 16.2. The molecule has 4 amide bonds. The molecule has 0 atom stereocenters. The molecule has 2 N–H and O–H groups in total. The number of hydrogen-bond acceptors (Lipinski definition) is 4. The van der Waals surface area contributed by atoms with Crippen LogP contribution in [-0.4, -0.2) is 41.6 Å². The van der Waals surface area contributed by atoms with Gasteiger partial charge in [-0.1, -0.05) is 30.3 Å². The minimum absolute atomic E-state index is 0.0293. The lowest BCUT2D eigenvalue weighted by atomic mass is 10.1. The Bertz CT molecular complexity index is 829. The third-order valence-electron chi connectivity index (χ3n) is 3.94. The zero-order chi connectivity index (χ0) is 18.5. The number of amides is 4. The Balaban J connectivity index is 1.46. The highest BCUT2D eigenvalue weighted by Crippen LogP contribution is 2.22. The van der Waals surface area contributed by atoms with E-state index in [0.717, 1.165) is 4.90 Å². The predicted octanol–water partition coefficient (Wildman–Crippen LogP) is 1.43. The molecule has 0 aliphatic carbocycles. The van der Waals surface area contributed by atoms with Gasteiger partial charge in [0.1, 0.15) is 0 Å². The average molecular weight is 351 g/mol. The maximum absolute atomic E-state index is 12.2. The molecule has 7 heteroatoms. The van der Waals surface area contributed by atoms with Gasteiger partial charge in [-0.15, -0.1) is 0 Å². The molecule has 7 nitrogen and oxygen atoms in total. The lowest BCUT2D eigenvalue weighted by molar-refractivity contribution is -0.124. The zero-order valence-electron chi connectivity index (χ0n) is 13.9. The molecule has 0 saturated carbocycles. The van der Waals surface area contributed by atoms with Gasteiger partial charge in [0, 0.05) is 18.7 Å². The maximum atomic E-state index is 12.2. The van der Waals surface area contributed by atoms with Crippen molar-refractivity contribution in [2.75, 3.05) is 18.4 Å². The molecule has 0 fully saturated rings. The van der Waals surface area contributed by atoms with E-state index in [1.54, 1.807) is 48.5 Å². The monoisotopic (exact) mass is 351 g/mol. The third-order valence-corrected chi connectivity index (χ3v) is 3.94. The lowest BCUT2D eigenvalue weighted by Gasteiger charge is -2.13. The molecule has 0 bridgehead atoms. The molecule has 1 aliphatic rings. The van der Waals surface area contributed by atoms with Crippen LogP contribution in [0.25, 0.3) is 0 Å². The van der Waals surface area contributed by atoms with Gasteiger partial charge in [-0.05, 0) is 24.3 Å². The Kier molecular flexibility index (Phi) is 5.07. The summed E-state index contributed by atoms with van der Waals surface area (Å²) in [6.07, 6.45) is -0.0654.